The van der Waals surface area contributed by atoms with Gasteiger partial charge in [-0.15, -0.1) is 5.10 Å². The minimum absolute atomic E-state index is 0.688. The first kappa shape index (κ1) is 12.6. The maximum absolute atomic E-state index is 5.19. The minimum Gasteiger partial charge on any atom is -0.496 e. The van der Waals surface area contributed by atoms with Crippen molar-refractivity contribution < 1.29 is 4.74 Å². The maximum atomic E-state index is 5.19. The first-order valence-corrected chi connectivity index (χ1v) is 6.58. The maximum Gasteiger partial charge on any atom is 0.151 e. The predicted octanol–water partition coefficient (Wildman–Crippen LogP) is 3.17. The Bertz CT molecular complexity index is 540. The van der Waals surface area contributed by atoms with Crippen LogP contribution in [-0.2, 0) is 6.54 Å². The SMILES string of the molecule is COc1ccc(Cn2nnc(Br)c2C)cc1Br. The highest BCUT2D eigenvalue weighted by molar-refractivity contribution is 9.10. The van der Waals surface area contributed by atoms with Gasteiger partial charge in [0.1, 0.15) is 5.75 Å². The van der Waals surface area contributed by atoms with E-state index in [1.165, 1.54) is 0 Å². The molecule has 0 fully saturated rings. The largest absolute Gasteiger partial charge is 0.496 e. The van der Waals surface area contributed by atoms with E-state index in [1.807, 2.05) is 29.8 Å². The van der Waals surface area contributed by atoms with Crippen LogP contribution in [-0.4, -0.2) is 22.1 Å². The molecule has 2 aromatic rings. The van der Waals surface area contributed by atoms with Crippen molar-refractivity contribution in [2.45, 2.75) is 13.5 Å². The third-order valence-corrected chi connectivity index (χ3v) is 3.83. The van der Waals surface area contributed by atoms with Crippen molar-refractivity contribution >= 4 is 31.9 Å². The first-order valence-electron chi connectivity index (χ1n) is 5.00. The van der Waals surface area contributed by atoms with E-state index in [4.69, 9.17) is 4.74 Å². The van der Waals surface area contributed by atoms with Gasteiger partial charge >= 0.3 is 0 Å². The molecule has 17 heavy (non-hydrogen) atoms. The Kier molecular flexibility index (Phi) is 3.83. The van der Waals surface area contributed by atoms with Crippen LogP contribution in [0.4, 0.5) is 0 Å². The molecular weight excluding hydrogens is 350 g/mol. The molecule has 0 aliphatic carbocycles. The molecule has 90 valence electrons. The second kappa shape index (κ2) is 5.18. The zero-order valence-corrected chi connectivity index (χ0v) is 12.6. The summed E-state index contributed by atoms with van der Waals surface area (Å²) in [6.45, 7) is 2.66. The lowest BCUT2D eigenvalue weighted by molar-refractivity contribution is 0.412. The number of aromatic nitrogens is 3. The molecule has 0 radical (unpaired) electrons. The molecule has 0 saturated carbocycles. The molecule has 0 atom stereocenters. The number of rotatable bonds is 3. The van der Waals surface area contributed by atoms with Gasteiger partial charge in [-0.1, -0.05) is 11.3 Å². The molecule has 1 heterocycles. The van der Waals surface area contributed by atoms with Gasteiger partial charge in [0.25, 0.3) is 0 Å². The number of hydrogen-bond donors (Lipinski definition) is 0. The van der Waals surface area contributed by atoms with Crippen molar-refractivity contribution in [3.8, 4) is 5.75 Å². The third kappa shape index (κ3) is 2.69. The molecule has 0 bridgehead atoms. The smallest absolute Gasteiger partial charge is 0.151 e. The number of nitrogens with zero attached hydrogens (tertiary/aromatic N) is 3. The first-order chi connectivity index (χ1) is 8.11. The summed E-state index contributed by atoms with van der Waals surface area (Å²) >= 11 is 6.81. The summed E-state index contributed by atoms with van der Waals surface area (Å²) in [4.78, 5) is 0. The van der Waals surface area contributed by atoms with Gasteiger partial charge in [-0.05, 0) is 56.5 Å². The molecule has 0 saturated heterocycles. The van der Waals surface area contributed by atoms with E-state index in [2.05, 4.69) is 42.2 Å². The quantitative estimate of drug-likeness (QED) is 0.843. The number of hydrogen-bond acceptors (Lipinski definition) is 3. The zero-order valence-electron chi connectivity index (χ0n) is 9.44. The fraction of sp³-hybridized carbons (Fsp3) is 0.273. The van der Waals surface area contributed by atoms with Gasteiger partial charge in [0.2, 0.25) is 0 Å². The van der Waals surface area contributed by atoms with Crippen molar-refractivity contribution in [3.05, 3.63) is 38.5 Å². The Morgan fingerprint density at radius 2 is 2.12 bits per heavy atom. The van der Waals surface area contributed by atoms with E-state index < -0.39 is 0 Å². The molecule has 4 nitrogen and oxygen atoms in total. The highest BCUT2D eigenvalue weighted by Crippen LogP contribution is 2.26. The number of ether oxygens (including phenoxy) is 1. The second-order valence-electron chi connectivity index (χ2n) is 3.59. The lowest BCUT2D eigenvalue weighted by Crippen LogP contribution is -2.04. The van der Waals surface area contributed by atoms with Crippen LogP contribution in [0.2, 0.25) is 0 Å². The molecule has 1 aromatic heterocycles. The summed E-state index contributed by atoms with van der Waals surface area (Å²) in [5.41, 5.74) is 2.15. The summed E-state index contributed by atoms with van der Waals surface area (Å²) < 4.78 is 8.76. The molecule has 0 spiro atoms. The minimum atomic E-state index is 0.688. The number of benzene rings is 1. The topological polar surface area (TPSA) is 39.9 Å². The second-order valence-corrected chi connectivity index (χ2v) is 5.20. The van der Waals surface area contributed by atoms with Crippen LogP contribution in [0, 0.1) is 6.92 Å². The lowest BCUT2D eigenvalue weighted by atomic mass is 10.2. The van der Waals surface area contributed by atoms with E-state index in [0.29, 0.717) is 6.54 Å². The van der Waals surface area contributed by atoms with E-state index >= 15 is 0 Å². The average molecular weight is 361 g/mol. The molecule has 6 heteroatoms. The van der Waals surface area contributed by atoms with E-state index in [0.717, 1.165) is 26.1 Å². The average Bonchev–Trinajstić information content (AvgIpc) is 2.61. The van der Waals surface area contributed by atoms with Crippen molar-refractivity contribution in [2.24, 2.45) is 0 Å². The fourth-order valence-electron chi connectivity index (χ4n) is 1.47. The van der Waals surface area contributed by atoms with Gasteiger partial charge in [0.15, 0.2) is 4.60 Å². The van der Waals surface area contributed by atoms with Gasteiger partial charge in [0, 0.05) is 0 Å². The molecule has 0 unspecified atom stereocenters. The van der Waals surface area contributed by atoms with E-state index in [1.54, 1.807) is 7.11 Å². The third-order valence-electron chi connectivity index (χ3n) is 2.47. The van der Waals surface area contributed by atoms with Crippen LogP contribution in [0.5, 0.6) is 5.75 Å². The van der Waals surface area contributed by atoms with Crippen LogP contribution in [0.1, 0.15) is 11.3 Å². The normalized spacial score (nSPS) is 10.6. The summed E-state index contributed by atoms with van der Waals surface area (Å²) in [5.74, 6) is 0.824. The summed E-state index contributed by atoms with van der Waals surface area (Å²) in [5, 5.41) is 8.02. The van der Waals surface area contributed by atoms with E-state index in [-0.39, 0.29) is 0 Å². The van der Waals surface area contributed by atoms with Gasteiger partial charge in [0.05, 0.1) is 23.8 Å². The highest BCUT2D eigenvalue weighted by atomic mass is 79.9. The van der Waals surface area contributed by atoms with Gasteiger partial charge in [-0.2, -0.15) is 0 Å². The Balaban J connectivity index is 2.25. The Morgan fingerprint density at radius 3 is 2.65 bits per heavy atom. The van der Waals surface area contributed by atoms with E-state index in [9.17, 15) is 0 Å². The van der Waals surface area contributed by atoms with Crippen molar-refractivity contribution in [2.75, 3.05) is 7.11 Å². The molecule has 0 amide bonds. The number of halogens is 2. The number of methoxy groups -OCH3 is 1. The van der Waals surface area contributed by atoms with Gasteiger partial charge in [-0.25, -0.2) is 4.68 Å². The Hall–Kier alpha value is -0.880. The fourth-order valence-corrected chi connectivity index (χ4v) is 2.33. The van der Waals surface area contributed by atoms with Crippen molar-refractivity contribution in [1.29, 1.82) is 0 Å². The molecule has 0 aliphatic rings. The van der Waals surface area contributed by atoms with Gasteiger partial charge < -0.3 is 4.74 Å². The predicted molar refractivity (Wildman–Crippen MR) is 72.3 cm³/mol. The zero-order chi connectivity index (χ0) is 12.4. The van der Waals surface area contributed by atoms with Crippen LogP contribution in [0.25, 0.3) is 0 Å². The van der Waals surface area contributed by atoms with Crippen molar-refractivity contribution in [3.63, 3.8) is 0 Å². The monoisotopic (exact) mass is 359 g/mol. The van der Waals surface area contributed by atoms with Crippen LogP contribution < -0.4 is 4.74 Å². The van der Waals surface area contributed by atoms with Crippen LogP contribution >= 0.6 is 31.9 Å². The lowest BCUT2D eigenvalue weighted by Gasteiger charge is -2.07. The summed E-state index contributed by atoms with van der Waals surface area (Å²) in [6, 6.07) is 5.97. The molecule has 1 aromatic carbocycles. The molecule has 2 rings (SSSR count). The summed E-state index contributed by atoms with van der Waals surface area (Å²) in [7, 11) is 1.65. The molecule has 0 aliphatic heterocycles. The molecule has 0 N–H and O–H groups in total. The molecular formula is C11H11Br2N3O. The van der Waals surface area contributed by atoms with Crippen LogP contribution in [0.15, 0.2) is 27.3 Å². The Morgan fingerprint density at radius 1 is 1.35 bits per heavy atom. The Labute approximate surface area is 116 Å². The van der Waals surface area contributed by atoms with Crippen LogP contribution in [0.3, 0.4) is 0 Å². The van der Waals surface area contributed by atoms with Crippen molar-refractivity contribution in [1.82, 2.24) is 15.0 Å². The standard InChI is InChI=1S/C11H11Br2N3O/c1-7-11(13)14-15-16(7)6-8-3-4-10(17-2)9(12)5-8/h3-5H,6H2,1-2H3. The summed E-state index contributed by atoms with van der Waals surface area (Å²) in [6.07, 6.45) is 0. The highest BCUT2D eigenvalue weighted by Gasteiger charge is 2.07. The van der Waals surface area contributed by atoms with Gasteiger partial charge in [-0.3, -0.25) is 0 Å².